The van der Waals surface area contributed by atoms with Gasteiger partial charge in [-0.05, 0) is 75.1 Å². The van der Waals surface area contributed by atoms with Crippen molar-refractivity contribution in [2.75, 3.05) is 0 Å². The summed E-state index contributed by atoms with van der Waals surface area (Å²) >= 11 is 0. The van der Waals surface area contributed by atoms with Crippen LogP contribution in [0.4, 0.5) is 0 Å². The Morgan fingerprint density at radius 1 is 1.17 bits per heavy atom. The molecular formula is C25H28O5. The minimum Gasteiger partial charge on any atom is -0.508 e. The Kier molecular flexibility index (Phi) is 6.04. The number of fused-ring (bicyclic) bond motifs is 1. The van der Waals surface area contributed by atoms with Gasteiger partial charge in [0.2, 0.25) is 0 Å². The van der Waals surface area contributed by atoms with E-state index in [1.165, 1.54) is 12.1 Å². The van der Waals surface area contributed by atoms with E-state index < -0.39 is 11.7 Å². The van der Waals surface area contributed by atoms with Crippen LogP contribution in [-0.4, -0.2) is 32.8 Å². The van der Waals surface area contributed by atoms with Gasteiger partial charge in [-0.25, -0.2) is 0 Å². The molecule has 2 aromatic rings. The standard InChI is InChI=1S/C25H28O5/c1-15(2)5-8-17-11-16(6-9-20(17)26)7-10-21(27)19-12-18-13-24(25(3,4)29)30-23(18)14-22(19)28/h5-7,9-12,14,24,26,28-29H,8,13H2,1-4H3/b10-7+/t24-/m1/s1. The molecule has 0 bridgehead atoms. The van der Waals surface area contributed by atoms with E-state index in [1.807, 2.05) is 26.0 Å². The van der Waals surface area contributed by atoms with Crippen LogP contribution >= 0.6 is 0 Å². The fraction of sp³-hybridized carbons (Fsp3) is 0.320. The van der Waals surface area contributed by atoms with Crippen molar-refractivity contribution in [1.29, 1.82) is 0 Å². The highest BCUT2D eigenvalue weighted by molar-refractivity contribution is 6.08. The molecule has 1 aliphatic heterocycles. The van der Waals surface area contributed by atoms with Crippen molar-refractivity contribution < 1.29 is 24.9 Å². The lowest BCUT2D eigenvalue weighted by Gasteiger charge is -2.24. The summed E-state index contributed by atoms with van der Waals surface area (Å²) in [4.78, 5) is 12.7. The number of allylic oxidation sites excluding steroid dienone is 3. The predicted octanol–water partition coefficient (Wildman–Crippen LogP) is 4.58. The van der Waals surface area contributed by atoms with Gasteiger partial charge in [0, 0.05) is 12.5 Å². The Hall–Kier alpha value is -3.05. The summed E-state index contributed by atoms with van der Waals surface area (Å²) in [6, 6.07) is 8.23. The third kappa shape index (κ3) is 4.92. The predicted molar refractivity (Wildman–Crippen MR) is 117 cm³/mol. The Labute approximate surface area is 177 Å². The van der Waals surface area contributed by atoms with Crippen molar-refractivity contribution in [3.05, 3.63) is 70.3 Å². The molecule has 0 fully saturated rings. The molecular weight excluding hydrogens is 380 g/mol. The van der Waals surface area contributed by atoms with Crippen LogP contribution < -0.4 is 4.74 Å². The van der Waals surface area contributed by atoms with Crippen molar-refractivity contribution >= 4 is 11.9 Å². The number of aliphatic hydroxyl groups is 1. The maximum Gasteiger partial charge on any atom is 0.189 e. The number of benzene rings is 2. The molecule has 1 heterocycles. The first-order valence-corrected chi connectivity index (χ1v) is 9.97. The van der Waals surface area contributed by atoms with Gasteiger partial charge in [-0.3, -0.25) is 4.79 Å². The molecule has 0 unspecified atom stereocenters. The topological polar surface area (TPSA) is 87.0 Å². The molecule has 3 N–H and O–H groups in total. The van der Waals surface area contributed by atoms with E-state index in [0.717, 1.165) is 22.3 Å². The highest BCUT2D eigenvalue weighted by atomic mass is 16.5. The van der Waals surface area contributed by atoms with E-state index in [1.54, 1.807) is 38.1 Å². The molecule has 0 saturated heterocycles. The van der Waals surface area contributed by atoms with Crippen LogP contribution in [0.2, 0.25) is 0 Å². The molecule has 30 heavy (non-hydrogen) atoms. The second kappa shape index (κ2) is 8.36. The highest BCUT2D eigenvalue weighted by Crippen LogP contribution is 2.37. The zero-order valence-corrected chi connectivity index (χ0v) is 17.8. The zero-order valence-electron chi connectivity index (χ0n) is 17.8. The van der Waals surface area contributed by atoms with E-state index in [2.05, 4.69) is 0 Å². The molecule has 5 heteroatoms. The van der Waals surface area contributed by atoms with Crippen LogP contribution in [0.1, 0.15) is 54.7 Å². The molecule has 0 aromatic heterocycles. The first-order valence-electron chi connectivity index (χ1n) is 9.97. The van der Waals surface area contributed by atoms with Crippen LogP contribution in [0.3, 0.4) is 0 Å². The van der Waals surface area contributed by atoms with Crippen LogP contribution in [0.15, 0.2) is 48.1 Å². The van der Waals surface area contributed by atoms with Gasteiger partial charge in [0.05, 0.1) is 11.2 Å². The quantitative estimate of drug-likeness (QED) is 0.370. The first kappa shape index (κ1) is 21.7. The minimum atomic E-state index is -1.03. The number of hydrogen-bond acceptors (Lipinski definition) is 5. The smallest absolute Gasteiger partial charge is 0.189 e. The molecule has 0 radical (unpaired) electrons. The summed E-state index contributed by atoms with van der Waals surface area (Å²) in [6.07, 6.45) is 5.74. The lowest BCUT2D eigenvalue weighted by atomic mass is 9.96. The summed E-state index contributed by atoms with van der Waals surface area (Å²) in [6.45, 7) is 7.33. The van der Waals surface area contributed by atoms with Crippen LogP contribution in [-0.2, 0) is 12.8 Å². The van der Waals surface area contributed by atoms with E-state index in [4.69, 9.17) is 4.74 Å². The number of carbonyl (C=O) groups excluding carboxylic acids is 1. The molecule has 1 atom stereocenters. The average molecular weight is 408 g/mol. The lowest BCUT2D eigenvalue weighted by Crippen LogP contribution is -2.39. The van der Waals surface area contributed by atoms with Crippen LogP contribution in [0.5, 0.6) is 17.2 Å². The summed E-state index contributed by atoms with van der Waals surface area (Å²) in [5.74, 6) is 0.215. The number of phenolic OH excluding ortho intramolecular Hbond substituents is 2. The van der Waals surface area contributed by atoms with Gasteiger partial charge in [-0.2, -0.15) is 0 Å². The summed E-state index contributed by atoms with van der Waals surface area (Å²) in [7, 11) is 0. The van der Waals surface area contributed by atoms with Crippen molar-refractivity contribution in [1.82, 2.24) is 0 Å². The number of hydrogen-bond donors (Lipinski definition) is 3. The van der Waals surface area contributed by atoms with Crippen LogP contribution in [0.25, 0.3) is 6.08 Å². The van der Waals surface area contributed by atoms with E-state index in [9.17, 15) is 20.1 Å². The van der Waals surface area contributed by atoms with E-state index in [-0.39, 0.29) is 22.8 Å². The third-order valence-corrected chi connectivity index (χ3v) is 5.17. The molecule has 1 aliphatic rings. The van der Waals surface area contributed by atoms with Gasteiger partial charge in [-0.15, -0.1) is 0 Å². The third-order valence-electron chi connectivity index (χ3n) is 5.17. The van der Waals surface area contributed by atoms with Crippen molar-refractivity contribution in [2.24, 2.45) is 0 Å². The molecule has 5 nitrogen and oxygen atoms in total. The fourth-order valence-electron chi connectivity index (χ4n) is 3.32. The maximum atomic E-state index is 12.7. The average Bonchev–Trinajstić information content (AvgIpc) is 3.08. The molecule has 3 rings (SSSR count). The molecule has 158 valence electrons. The normalized spacial score (nSPS) is 15.7. The monoisotopic (exact) mass is 408 g/mol. The molecule has 0 saturated carbocycles. The lowest BCUT2D eigenvalue weighted by molar-refractivity contribution is -0.0230. The van der Waals surface area contributed by atoms with Gasteiger partial charge >= 0.3 is 0 Å². The van der Waals surface area contributed by atoms with Gasteiger partial charge in [0.1, 0.15) is 23.4 Å². The van der Waals surface area contributed by atoms with Gasteiger partial charge in [0.25, 0.3) is 0 Å². The Balaban J connectivity index is 1.80. The van der Waals surface area contributed by atoms with Gasteiger partial charge in [0.15, 0.2) is 5.78 Å². The Morgan fingerprint density at radius 2 is 1.90 bits per heavy atom. The maximum absolute atomic E-state index is 12.7. The molecule has 0 spiro atoms. The largest absolute Gasteiger partial charge is 0.508 e. The van der Waals surface area contributed by atoms with Gasteiger partial charge in [-0.1, -0.05) is 23.8 Å². The molecule has 0 aliphatic carbocycles. The van der Waals surface area contributed by atoms with E-state index in [0.29, 0.717) is 18.6 Å². The number of phenols is 2. The molecule has 2 aromatic carbocycles. The Bertz CT molecular complexity index is 1020. The summed E-state index contributed by atoms with van der Waals surface area (Å²) in [5, 5.41) is 30.5. The van der Waals surface area contributed by atoms with Crippen molar-refractivity contribution in [2.45, 2.75) is 52.2 Å². The van der Waals surface area contributed by atoms with E-state index >= 15 is 0 Å². The number of ketones is 1. The number of rotatable bonds is 6. The van der Waals surface area contributed by atoms with Gasteiger partial charge < -0.3 is 20.1 Å². The first-order chi connectivity index (χ1) is 14.0. The zero-order chi connectivity index (χ0) is 22.1. The number of ether oxygens (including phenoxy) is 1. The Morgan fingerprint density at radius 3 is 2.57 bits per heavy atom. The summed E-state index contributed by atoms with van der Waals surface area (Å²) < 4.78 is 5.71. The van der Waals surface area contributed by atoms with Crippen molar-refractivity contribution in [3.63, 3.8) is 0 Å². The summed E-state index contributed by atoms with van der Waals surface area (Å²) in [5.41, 5.74) is 2.67. The second-order valence-corrected chi connectivity index (χ2v) is 8.51. The molecule has 0 amide bonds. The SMILES string of the molecule is CC(C)=CCc1cc(/C=C/C(=O)c2cc3c(cc2O)O[C@@H](C(C)(C)O)C3)ccc1O. The van der Waals surface area contributed by atoms with Crippen molar-refractivity contribution in [3.8, 4) is 17.2 Å². The highest BCUT2D eigenvalue weighted by Gasteiger charge is 2.35. The minimum absolute atomic E-state index is 0.158. The number of carbonyl (C=O) groups is 1. The number of aromatic hydroxyl groups is 2. The fourth-order valence-corrected chi connectivity index (χ4v) is 3.32. The van der Waals surface area contributed by atoms with Crippen LogP contribution in [0, 0.1) is 0 Å². The second-order valence-electron chi connectivity index (χ2n) is 8.51.